The summed E-state index contributed by atoms with van der Waals surface area (Å²) in [4.78, 5) is 0. The molecule has 0 amide bonds. The van der Waals surface area contributed by atoms with Crippen molar-refractivity contribution in [3.8, 4) is 0 Å². The van der Waals surface area contributed by atoms with E-state index in [-0.39, 0.29) is 5.04 Å². The Kier molecular flexibility index (Phi) is 6.59. The summed E-state index contributed by atoms with van der Waals surface area (Å²) in [7, 11) is -1.77. The Bertz CT molecular complexity index is 318. The minimum atomic E-state index is -1.77. The largest absolute Gasteiger partial charge is 0.414 e. The molecule has 3 heteroatoms. The molecule has 1 atom stereocenters. The summed E-state index contributed by atoms with van der Waals surface area (Å²) in [5, 5.41) is 10.2. The Labute approximate surface area is 114 Å². The van der Waals surface area contributed by atoms with E-state index in [2.05, 4.69) is 53.4 Å². The summed E-state index contributed by atoms with van der Waals surface area (Å²) in [5.74, 6) is 0.452. The number of aliphatic hydroxyl groups excluding tert-OH is 1. The smallest absolute Gasteiger partial charge is 0.192 e. The molecular formula is C15H30O2Si. The van der Waals surface area contributed by atoms with Crippen LogP contribution in [0.4, 0.5) is 0 Å². The van der Waals surface area contributed by atoms with E-state index in [4.69, 9.17) is 4.43 Å². The number of aliphatic hydroxyl groups is 1. The fourth-order valence-electron chi connectivity index (χ4n) is 1.02. The van der Waals surface area contributed by atoms with Crippen molar-refractivity contribution in [2.24, 2.45) is 5.92 Å². The quantitative estimate of drug-likeness (QED) is 0.601. The van der Waals surface area contributed by atoms with Gasteiger partial charge in [0.15, 0.2) is 8.32 Å². The molecule has 0 fully saturated rings. The lowest BCUT2D eigenvalue weighted by Crippen LogP contribution is -2.42. The average Bonchev–Trinajstić information content (AvgIpc) is 2.20. The van der Waals surface area contributed by atoms with Gasteiger partial charge in [0.25, 0.3) is 0 Å². The van der Waals surface area contributed by atoms with Gasteiger partial charge >= 0.3 is 0 Å². The van der Waals surface area contributed by atoms with Gasteiger partial charge in [-0.3, -0.25) is 0 Å². The van der Waals surface area contributed by atoms with Crippen LogP contribution < -0.4 is 0 Å². The zero-order valence-corrected chi connectivity index (χ0v) is 14.3. The molecule has 0 radical (unpaired) electrons. The van der Waals surface area contributed by atoms with Crippen molar-refractivity contribution in [1.82, 2.24) is 0 Å². The van der Waals surface area contributed by atoms with Crippen LogP contribution in [0.25, 0.3) is 0 Å². The standard InChI is InChI=1S/C15H30O2Si/c1-12(2)9-10-13(3)14(16)11-17-18(7,8)15(4,5)6/h9,12,14,16H,11H2,1-8H3/t10?,14-/m1/s1. The van der Waals surface area contributed by atoms with E-state index < -0.39 is 14.4 Å². The lowest BCUT2D eigenvalue weighted by Gasteiger charge is -2.36. The zero-order valence-electron chi connectivity index (χ0n) is 13.3. The van der Waals surface area contributed by atoms with Crippen molar-refractivity contribution < 1.29 is 9.53 Å². The van der Waals surface area contributed by atoms with Crippen LogP contribution in [0.15, 0.2) is 17.4 Å². The van der Waals surface area contributed by atoms with E-state index in [9.17, 15) is 5.11 Å². The second kappa shape index (κ2) is 6.72. The Hall–Kier alpha value is -0.343. The van der Waals surface area contributed by atoms with Crippen LogP contribution in [-0.2, 0) is 4.43 Å². The molecule has 0 rings (SSSR count). The van der Waals surface area contributed by atoms with Crippen molar-refractivity contribution in [3.63, 3.8) is 0 Å². The minimum Gasteiger partial charge on any atom is -0.414 e. The lowest BCUT2D eigenvalue weighted by atomic mass is 10.1. The van der Waals surface area contributed by atoms with E-state index in [0.717, 1.165) is 5.57 Å². The Morgan fingerprint density at radius 3 is 2.22 bits per heavy atom. The van der Waals surface area contributed by atoms with Gasteiger partial charge in [-0.15, -0.1) is 5.73 Å². The third-order valence-corrected chi connectivity index (χ3v) is 8.05. The zero-order chi connectivity index (χ0) is 14.6. The van der Waals surface area contributed by atoms with Gasteiger partial charge in [-0.2, -0.15) is 0 Å². The summed E-state index contributed by atoms with van der Waals surface area (Å²) in [6, 6.07) is 0. The highest BCUT2D eigenvalue weighted by Gasteiger charge is 2.37. The van der Waals surface area contributed by atoms with E-state index in [0.29, 0.717) is 12.5 Å². The SMILES string of the molecule is CC(=C=CC(C)C)[C@H](O)CO[Si](C)(C)C(C)(C)C. The van der Waals surface area contributed by atoms with Crippen molar-refractivity contribution in [2.45, 2.75) is 65.8 Å². The normalized spacial score (nSPS) is 14.3. The molecule has 106 valence electrons. The number of hydrogen-bond donors (Lipinski definition) is 1. The van der Waals surface area contributed by atoms with Gasteiger partial charge < -0.3 is 9.53 Å². The van der Waals surface area contributed by atoms with Crippen molar-refractivity contribution in [3.05, 3.63) is 17.4 Å². The maximum Gasteiger partial charge on any atom is 0.192 e. The molecule has 0 saturated heterocycles. The highest BCUT2D eigenvalue weighted by Crippen LogP contribution is 2.36. The second-order valence-electron chi connectivity index (χ2n) is 6.83. The van der Waals surface area contributed by atoms with Gasteiger partial charge in [-0.1, -0.05) is 34.6 Å². The van der Waals surface area contributed by atoms with Crippen LogP contribution in [0.1, 0.15) is 41.5 Å². The van der Waals surface area contributed by atoms with Crippen molar-refractivity contribution >= 4 is 8.32 Å². The Morgan fingerprint density at radius 1 is 1.33 bits per heavy atom. The van der Waals surface area contributed by atoms with Gasteiger partial charge in [0.05, 0.1) is 6.61 Å². The van der Waals surface area contributed by atoms with Crippen LogP contribution in [0.2, 0.25) is 18.1 Å². The first-order valence-electron chi connectivity index (χ1n) is 6.72. The third kappa shape index (κ3) is 6.01. The first-order chi connectivity index (χ1) is 7.97. The highest BCUT2D eigenvalue weighted by molar-refractivity contribution is 6.74. The molecule has 1 N–H and O–H groups in total. The minimum absolute atomic E-state index is 0.179. The van der Waals surface area contributed by atoms with E-state index in [1.54, 1.807) is 0 Å². The molecular weight excluding hydrogens is 240 g/mol. The summed E-state index contributed by atoms with van der Waals surface area (Å²) in [6.45, 7) is 17.5. The van der Waals surface area contributed by atoms with Crippen molar-refractivity contribution in [2.75, 3.05) is 6.61 Å². The molecule has 0 heterocycles. The lowest BCUT2D eigenvalue weighted by molar-refractivity contribution is 0.127. The van der Waals surface area contributed by atoms with Gasteiger partial charge in [-0.05, 0) is 42.6 Å². The molecule has 0 aromatic heterocycles. The van der Waals surface area contributed by atoms with Gasteiger partial charge in [-0.25, -0.2) is 0 Å². The molecule has 0 aliphatic heterocycles. The van der Waals surface area contributed by atoms with Crippen LogP contribution in [0.3, 0.4) is 0 Å². The van der Waals surface area contributed by atoms with Crippen LogP contribution in [-0.4, -0.2) is 26.1 Å². The number of hydrogen-bond acceptors (Lipinski definition) is 2. The molecule has 0 unspecified atom stereocenters. The van der Waals surface area contributed by atoms with Crippen LogP contribution in [0, 0.1) is 5.92 Å². The maximum atomic E-state index is 10.0. The summed E-state index contributed by atoms with van der Waals surface area (Å²) >= 11 is 0. The Morgan fingerprint density at radius 2 is 1.83 bits per heavy atom. The van der Waals surface area contributed by atoms with E-state index >= 15 is 0 Å². The van der Waals surface area contributed by atoms with Gasteiger partial charge in [0, 0.05) is 0 Å². The summed E-state index contributed by atoms with van der Waals surface area (Å²) in [6.07, 6.45) is 1.43. The van der Waals surface area contributed by atoms with E-state index in [1.165, 1.54) is 0 Å². The average molecular weight is 270 g/mol. The maximum absolute atomic E-state index is 10.0. The van der Waals surface area contributed by atoms with Gasteiger partial charge in [0.1, 0.15) is 6.10 Å². The van der Waals surface area contributed by atoms with Crippen molar-refractivity contribution in [1.29, 1.82) is 0 Å². The molecule has 0 saturated carbocycles. The first kappa shape index (κ1) is 17.7. The molecule has 0 spiro atoms. The second-order valence-corrected chi connectivity index (χ2v) is 11.6. The molecule has 0 aromatic rings. The molecule has 0 aliphatic carbocycles. The third-order valence-electron chi connectivity index (χ3n) is 3.55. The summed E-state index contributed by atoms with van der Waals surface area (Å²) < 4.78 is 6.00. The molecule has 0 aliphatic rings. The predicted molar refractivity (Wildman–Crippen MR) is 81.3 cm³/mol. The van der Waals surface area contributed by atoms with Gasteiger partial charge in [0.2, 0.25) is 0 Å². The fourth-order valence-corrected chi connectivity index (χ4v) is 2.03. The Balaban J connectivity index is 4.53. The molecule has 0 aromatic carbocycles. The highest BCUT2D eigenvalue weighted by atomic mass is 28.4. The molecule has 18 heavy (non-hydrogen) atoms. The number of rotatable bonds is 5. The van der Waals surface area contributed by atoms with Crippen LogP contribution in [0.5, 0.6) is 0 Å². The van der Waals surface area contributed by atoms with Crippen LogP contribution >= 0.6 is 0 Å². The predicted octanol–water partition coefficient (Wildman–Crippen LogP) is 4.13. The van der Waals surface area contributed by atoms with E-state index in [1.807, 2.05) is 13.0 Å². The fraction of sp³-hybridized carbons (Fsp3) is 0.800. The summed E-state index contributed by atoms with van der Waals surface area (Å²) in [5.41, 5.74) is 3.98. The molecule has 0 bridgehead atoms. The monoisotopic (exact) mass is 270 g/mol. The topological polar surface area (TPSA) is 29.5 Å². The first-order valence-corrected chi connectivity index (χ1v) is 9.63. The molecule has 2 nitrogen and oxygen atoms in total.